The Labute approximate surface area is 157 Å². The molecule has 1 saturated heterocycles. The molecule has 7 heteroatoms. The zero-order chi connectivity index (χ0) is 18.4. The number of amides is 1. The highest BCUT2D eigenvalue weighted by atomic mass is 35.5. The van der Waals surface area contributed by atoms with E-state index in [1.54, 1.807) is 24.3 Å². The van der Waals surface area contributed by atoms with E-state index in [9.17, 15) is 4.79 Å². The lowest BCUT2D eigenvalue weighted by atomic mass is 9.80. The largest absolute Gasteiger partial charge is 0.340 e. The monoisotopic (exact) mass is 374 g/mol. The van der Waals surface area contributed by atoms with Crippen LogP contribution in [0.3, 0.4) is 0 Å². The first-order chi connectivity index (χ1) is 12.4. The average Bonchev–Trinajstić information content (AvgIpc) is 3.29. The summed E-state index contributed by atoms with van der Waals surface area (Å²) in [5.41, 5.74) is -0.292. The van der Waals surface area contributed by atoms with E-state index >= 15 is 0 Å². The Hall–Kier alpha value is -1.92. The van der Waals surface area contributed by atoms with Crippen LogP contribution < -0.4 is 10.6 Å². The van der Waals surface area contributed by atoms with E-state index in [0.717, 1.165) is 19.5 Å². The third-order valence-electron chi connectivity index (χ3n) is 5.71. The van der Waals surface area contributed by atoms with Crippen LogP contribution >= 0.6 is 11.6 Å². The van der Waals surface area contributed by atoms with E-state index in [0.29, 0.717) is 28.2 Å². The maximum atomic E-state index is 12.6. The second kappa shape index (κ2) is 6.35. The Morgan fingerprint density at radius 2 is 2.31 bits per heavy atom. The molecule has 26 heavy (non-hydrogen) atoms. The van der Waals surface area contributed by atoms with Crippen molar-refractivity contribution in [2.45, 2.75) is 44.1 Å². The van der Waals surface area contributed by atoms with Crippen molar-refractivity contribution in [3.8, 4) is 0 Å². The summed E-state index contributed by atoms with van der Waals surface area (Å²) in [7, 11) is 0. The van der Waals surface area contributed by atoms with Crippen molar-refractivity contribution in [1.29, 1.82) is 0 Å². The lowest BCUT2D eigenvalue weighted by Gasteiger charge is -2.24. The minimum atomic E-state index is -0.752. The second-order valence-corrected chi connectivity index (χ2v) is 8.33. The molecule has 1 aliphatic heterocycles. The number of hydrogen-bond acceptors (Lipinski definition) is 5. The number of benzene rings is 1. The molecular weight excluding hydrogens is 352 g/mol. The van der Waals surface area contributed by atoms with Gasteiger partial charge < -0.3 is 15.2 Å². The summed E-state index contributed by atoms with van der Waals surface area (Å²) in [5.74, 6) is 1.53. The number of nitrogens with zero attached hydrogens (tertiary/aromatic N) is 2. The molecule has 1 aromatic carbocycles. The first-order valence-electron chi connectivity index (χ1n) is 9.04. The molecule has 1 aromatic heterocycles. The molecule has 2 aromatic rings. The molecule has 2 heterocycles. The molecule has 1 saturated carbocycles. The van der Waals surface area contributed by atoms with Gasteiger partial charge in [-0.2, -0.15) is 4.98 Å². The minimum Gasteiger partial charge on any atom is -0.340 e. The van der Waals surface area contributed by atoms with Crippen LogP contribution in [0.1, 0.15) is 55.2 Å². The fraction of sp³-hybridized carbons (Fsp3) is 0.526. The highest BCUT2D eigenvalue weighted by molar-refractivity contribution is 6.30. The molecule has 1 amide bonds. The number of nitrogens with one attached hydrogen (secondary N) is 2. The fourth-order valence-electron chi connectivity index (χ4n) is 4.22. The van der Waals surface area contributed by atoms with Crippen LogP contribution in [-0.4, -0.2) is 29.1 Å². The zero-order valence-electron chi connectivity index (χ0n) is 15.0. The lowest BCUT2D eigenvalue weighted by Crippen LogP contribution is -2.42. The van der Waals surface area contributed by atoms with Crippen molar-refractivity contribution >= 4 is 17.5 Å². The second-order valence-electron chi connectivity index (χ2n) is 7.89. The Balaban J connectivity index is 1.55. The Morgan fingerprint density at radius 3 is 3.12 bits per heavy atom. The molecule has 4 rings (SSSR count). The van der Waals surface area contributed by atoms with Crippen molar-refractivity contribution in [2.24, 2.45) is 5.92 Å². The molecule has 0 radical (unpaired) electrons. The van der Waals surface area contributed by atoms with Gasteiger partial charge in [-0.25, -0.2) is 0 Å². The van der Waals surface area contributed by atoms with Gasteiger partial charge in [0.25, 0.3) is 5.91 Å². The predicted octanol–water partition coefficient (Wildman–Crippen LogP) is 3.03. The van der Waals surface area contributed by atoms with Crippen LogP contribution in [0.2, 0.25) is 5.02 Å². The minimum absolute atomic E-state index is 0.0434. The molecule has 0 bridgehead atoms. The Bertz CT molecular complexity index is 822. The molecular formula is C19H23ClN4O2. The molecule has 138 valence electrons. The Morgan fingerprint density at radius 1 is 1.46 bits per heavy atom. The predicted molar refractivity (Wildman–Crippen MR) is 98.1 cm³/mol. The number of hydrogen-bond donors (Lipinski definition) is 2. The summed E-state index contributed by atoms with van der Waals surface area (Å²) in [6.45, 7) is 5.64. The number of halogens is 1. The molecule has 1 aliphatic carbocycles. The number of rotatable bonds is 4. The van der Waals surface area contributed by atoms with Crippen molar-refractivity contribution in [1.82, 2.24) is 20.8 Å². The smallest absolute Gasteiger partial charge is 0.252 e. The van der Waals surface area contributed by atoms with E-state index in [-0.39, 0.29) is 11.3 Å². The fourth-order valence-corrected chi connectivity index (χ4v) is 4.41. The number of carbonyl (C=O) groups is 1. The van der Waals surface area contributed by atoms with Crippen LogP contribution in [0.25, 0.3) is 0 Å². The summed E-state index contributed by atoms with van der Waals surface area (Å²) in [4.78, 5) is 17.3. The molecule has 2 aliphatic rings. The van der Waals surface area contributed by atoms with Gasteiger partial charge in [-0.1, -0.05) is 29.2 Å². The van der Waals surface area contributed by atoms with Crippen LogP contribution in [0, 0.1) is 5.92 Å². The van der Waals surface area contributed by atoms with Gasteiger partial charge >= 0.3 is 0 Å². The van der Waals surface area contributed by atoms with Crippen molar-refractivity contribution in [3.63, 3.8) is 0 Å². The quantitative estimate of drug-likeness (QED) is 0.859. The van der Waals surface area contributed by atoms with Crippen LogP contribution in [-0.2, 0) is 11.0 Å². The molecule has 0 unspecified atom stereocenters. The highest BCUT2D eigenvalue weighted by Gasteiger charge is 2.51. The summed E-state index contributed by atoms with van der Waals surface area (Å²) >= 11 is 5.98. The van der Waals surface area contributed by atoms with Crippen molar-refractivity contribution < 1.29 is 9.32 Å². The van der Waals surface area contributed by atoms with Gasteiger partial charge in [0.15, 0.2) is 5.82 Å². The summed E-state index contributed by atoms with van der Waals surface area (Å²) in [6, 6.07) is 6.86. The van der Waals surface area contributed by atoms with E-state index in [1.165, 1.54) is 12.8 Å². The molecule has 2 N–H and O–H groups in total. The van der Waals surface area contributed by atoms with Gasteiger partial charge in [-0.15, -0.1) is 0 Å². The molecule has 2 fully saturated rings. The zero-order valence-corrected chi connectivity index (χ0v) is 15.8. The van der Waals surface area contributed by atoms with E-state index in [2.05, 4.69) is 15.8 Å². The topological polar surface area (TPSA) is 80.0 Å². The van der Waals surface area contributed by atoms with Gasteiger partial charge in [-0.3, -0.25) is 4.79 Å². The standard InChI is InChI=1S/C19H23ClN4O2/c1-18(2,23-15(25)12-5-3-7-14(20)9-12)16-22-17(26-24-16)19-8-4-6-13(19)10-21-11-19/h3,5,7,9,13,21H,4,6,8,10-11H2,1-2H3,(H,23,25)/t13-,19-/m1/s1. The Kier molecular flexibility index (Phi) is 4.28. The summed E-state index contributed by atoms with van der Waals surface area (Å²) in [6.07, 6.45) is 3.46. The molecule has 6 nitrogen and oxygen atoms in total. The summed E-state index contributed by atoms with van der Waals surface area (Å²) in [5, 5.41) is 11.2. The summed E-state index contributed by atoms with van der Waals surface area (Å²) < 4.78 is 5.67. The van der Waals surface area contributed by atoms with Gasteiger partial charge in [0, 0.05) is 17.1 Å². The van der Waals surface area contributed by atoms with Crippen LogP contribution in [0.4, 0.5) is 0 Å². The van der Waals surface area contributed by atoms with E-state index < -0.39 is 5.54 Å². The van der Waals surface area contributed by atoms with Gasteiger partial charge in [0.2, 0.25) is 5.89 Å². The maximum absolute atomic E-state index is 12.6. The average molecular weight is 375 g/mol. The molecule has 0 spiro atoms. The number of fused-ring (bicyclic) bond motifs is 1. The van der Waals surface area contributed by atoms with Crippen LogP contribution in [0.15, 0.2) is 28.8 Å². The van der Waals surface area contributed by atoms with Gasteiger partial charge in [0.1, 0.15) is 0 Å². The van der Waals surface area contributed by atoms with Crippen molar-refractivity contribution in [3.05, 3.63) is 46.6 Å². The maximum Gasteiger partial charge on any atom is 0.252 e. The first kappa shape index (κ1) is 17.5. The number of carbonyl (C=O) groups excluding carboxylic acids is 1. The van der Waals surface area contributed by atoms with E-state index in [4.69, 9.17) is 21.1 Å². The van der Waals surface area contributed by atoms with E-state index in [1.807, 2.05) is 13.8 Å². The third-order valence-corrected chi connectivity index (χ3v) is 5.95. The van der Waals surface area contributed by atoms with Crippen LogP contribution in [0.5, 0.6) is 0 Å². The van der Waals surface area contributed by atoms with Gasteiger partial charge in [-0.05, 0) is 57.4 Å². The van der Waals surface area contributed by atoms with Crippen molar-refractivity contribution in [2.75, 3.05) is 13.1 Å². The number of aromatic nitrogens is 2. The third kappa shape index (κ3) is 2.91. The first-order valence-corrected chi connectivity index (χ1v) is 9.42. The lowest BCUT2D eigenvalue weighted by molar-refractivity contribution is 0.0907. The molecule has 2 atom stereocenters. The normalized spacial score (nSPS) is 25.3. The highest BCUT2D eigenvalue weighted by Crippen LogP contribution is 2.47. The van der Waals surface area contributed by atoms with Gasteiger partial charge in [0.05, 0.1) is 11.0 Å². The SMILES string of the molecule is CC(C)(NC(=O)c1cccc(Cl)c1)c1noc([C@@]23CCC[C@@H]2CNC3)n1.